The summed E-state index contributed by atoms with van der Waals surface area (Å²) in [6.45, 7) is 3.35. The van der Waals surface area contributed by atoms with Crippen LogP contribution in [0.5, 0.6) is 0 Å². The number of hydrogen-bond acceptors (Lipinski definition) is 3. The number of carbonyl (C=O) groups is 3. The highest BCUT2D eigenvalue weighted by Gasteiger charge is 2.27. The smallest absolute Gasteiger partial charge is 0.317 e. The largest absolute Gasteiger partial charge is 0.343 e. The Hall–Kier alpha value is -2.37. The number of ketones is 1. The minimum Gasteiger partial charge on any atom is -0.343 e. The third-order valence-corrected chi connectivity index (χ3v) is 5.76. The number of Topliss-reactive ketones (excluding diaryl/α,β-unsaturated/α-hetero) is 1. The molecule has 3 rings (SSSR count). The van der Waals surface area contributed by atoms with Crippen molar-refractivity contribution in [1.29, 1.82) is 0 Å². The van der Waals surface area contributed by atoms with Crippen LogP contribution < -0.4 is 5.32 Å². The molecule has 0 radical (unpaired) electrons. The van der Waals surface area contributed by atoms with Crippen LogP contribution >= 0.6 is 0 Å². The fourth-order valence-electron chi connectivity index (χ4n) is 4.03. The number of amides is 3. The second-order valence-corrected chi connectivity index (χ2v) is 7.77. The summed E-state index contributed by atoms with van der Waals surface area (Å²) in [7, 11) is 0. The summed E-state index contributed by atoms with van der Waals surface area (Å²) in [4.78, 5) is 40.6. The van der Waals surface area contributed by atoms with Gasteiger partial charge in [0.25, 0.3) is 0 Å². The Bertz CT molecular complexity index is 669. The van der Waals surface area contributed by atoms with Crippen molar-refractivity contribution in [2.24, 2.45) is 5.92 Å². The van der Waals surface area contributed by atoms with Gasteiger partial charge in [0.1, 0.15) is 0 Å². The molecule has 2 saturated heterocycles. The fraction of sp³-hybridized carbons (Fsp3) is 0.591. The lowest BCUT2D eigenvalue weighted by atomic mass is 9.89. The van der Waals surface area contributed by atoms with Gasteiger partial charge in [-0.3, -0.25) is 9.59 Å². The van der Waals surface area contributed by atoms with Crippen molar-refractivity contribution in [2.75, 3.05) is 32.7 Å². The topological polar surface area (TPSA) is 69.7 Å². The molecule has 152 valence electrons. The van der Waals surface area contributed by atoms with Crippen LogP contribution in [-0.2, 0) is 4.79 Å². The highest BCUT2D eigenvalue weighted by Crippen LogP contribution is 2.21. The average molecular weight is 386 g/mol. The molecule has 2 aliphatic rings. The minimum atomic E-state index is -0.0622. The Morgan fingerprint density at radius 2 is 1.75 bits per heavy atom. The zero-order valence-electron chi connectivity index (χ0n) is 16.6. The van der Waals surface area contributed by atoms with Gasteiger partial charge in [-0.15, -0.1) is 0 Å². The maximum absolute atomic E-state index is 12.5. The van der Waals surface area contributed by atoms with Gasteiger partial charge in [0.15, 0.2) is 5.78 Å². The molecule has 6 heteroatoms. The highest BCUT2D eigenvalue weighted by atomic mass is 16.2. The number of likely N-dealkylation sites (tertiary alicyclic amines) is 2. The van der Waals surface area contributed by atoms with Gasteiger partial charge in [-0.1, -0.05) is 36.8 Å². The second-order valence-electron chi connectivity index (χ2n) is 7.77. The van der Waals surface area contributed by atoms with E-state index in [1.165, 1.54) is 0 Å². The molecule has 0 atom stereocenters. The molecular formula is C22H31N3O3. The molecule has 1 aromatic carbocycles. The number of benzene rings is 1. The molecule has 6 nitrogen and oxygen atoms in total. The van der Waals surface area contributed by atoms with E-state index in [2.05, 4.69) is 5.32 Å². The summed E-state index contributed by atoms with van der Waals surface area (Å²) in [5.74, 6) is 0.428. The van der Waals surface area contributed by atoms with Gasteiger partial charge in [-0.2, -0.15) is 0 Å². The van der Waals surface area contributed by atoms with Crippen molar-refractivity contribution in [3.8, 4) is 0 Å². The van der Waals surface area contributed by atoms with Crippen molar-refractivity contribution < 1.29 is 14.4 Å². The lowest BCUT2D eigenvalue weighted by Gasteiger charge is -2.31. The number of carbonyl (C=O) groups excluding carboxylic acids is 3. The van der Waals surface area contributed by atoms with Gasteiger partial charge < -0.3 is 15.1 Å². The molecule has 0 unspecified atom stereocenters. The molecule has 28 heavy (non-hydrogen) atoms. The molecular weight excluding hydrogens is 354 g/mol. The summed E-state index contributed by atoms with van der Waals surface area (Å²) in [5, 5.41) is 2.96. The predicted octanol–water partition coefficient (Wildman–Crippen LogP) is 3.08. The van der Waals surface area contributed by atoms with Gasteiger partial charge in [0, 0.05) is 50.6 Å². The normalized spacial score (nSPS) is 18.6. The first kappa shape index (κ1) is 20.4. The molecule has 0 aliphatic carbocycles. The average Bonchev–Trinajstić information content (AvgIpc) is 2.95. The molecule has 0 spiro atoms. The maximum atomic E-state index is 12.5. The lowest BCUT2D eigenvalue weighted by molar-refractivity contribution is -0.130. The molecule has 2 aliphatic heterocycles. The lowest BCUT2D eigenvalue weighted by Crippen LogP contribution is -2.46. The molecule has 0 aromatic heterocycles. The number of hydrogen-bond donors (Lipinski definition) is 1. The van der Waals surface area contributed by atoms with E-state index in [0.29, 0.717) is 45.4 Å². The number of rotatable bonds is 6. The van der Waals surface area contributed by atoms with Crippen molar-refractivity contribution in [3.63, 3.8) is 0 Å². The van der Waals surface area contributed by atoms with Gasteiger partial charge in [0.05, 0.1) is 0 Å². The molecule has 0 bridgehead atoms. The third-order valence-electron chi connectivity index (χ3n) is 5.76. The van der Waals surface area contributed by atoms with Crippen molar-refractivity contribution in [1.82, 2.24) is 15.1 Å². The fourth-order valence-corrected chi connectivity index (χ4v) is 4.03. The Morgan fingerprint density at radius 1 is 1.00 bits per heavy atom. The van der Waals surface area contributed by atoms with E-state index < -0.39 is 0 Å². The molecule has 1 aromatic rings. The van der Waals surface area contributed by atoms with E-state index in [1.54, 1.807) is 4.90 Å². The number of nitrogens with one attached hydrogen (secondary N) is 1. The summed E-state index contributed by atoms with van der Waals surface area (Å²) in [5.41, 5.74) is 0.758. The summed E-state index contributed by atoms with van der Waals surface area (Å²) >= 11 is 0. The van der Waals surface area contributed by atoms with E-state index in [1.807, 2.05) is 35.2 Å². The first-order valence-electron chi connectivity index (χ1n) is 10.5. The first-order valence-corrected chi connectivity index (χ1v) is 10.5. The van der Waals surface area contributed by atoms with Crippen LogP contribution in [0.3, 0.4) is 0 Å². The van der Waals surface area contributed by atoms with Crippen molar-refractivity contribution in [2.45, 2.75) is 44.9 Å². The Balaban J connectivity index is 1.35. The third kappa shape index (κ3) is 5.57. The summed E-state index contributed by atoms with van der Waals surface area (Å²) in [6, 6.07) is 9.33. The van der Waals surface area contributed by atoms with Crippen LogP contribution in [-0.4, -0.2) is 60.2 Å². The zero-order chi connectivity index (χ0) is 19.8. The van der Waals surface area contributed by atoms with E-state index >= 15 is 0 Å². The van der Waals surface area contributed by atoms with Gasteiger partial charge >= 0.3 is 6.03 Å². The quantitative estimate of drug-likeness (QED) is 0.604. The van der Waals surface area contributed by atoms with E-state index in [4.69, 9.17) is 0 Å². The monoisotopic (exact) mass is 385 g/mol. The van der Waals surface area contributed by atoms with Crippen LogP contribution in [0.15, 0.2) is 30.3 Å². The summed E-state index contributed by atoms with van der Waals surface area (Å²) in [6.07, 6.45) is 6.06. The van der Waals surface area contributed by atoms with E-state index in [-0.39, 0.29) is 23.6 Å². The second kappa shape index (κ2) is 10.2. The highest BCUT2D eigenvalue weighted by molar-refractivity contribution is 5.98. The first-order chi connectivity index (χ1) is 13.6. The van der Waals surface area contributed by atoms with Gasteiger partial charge in [-0.25, -0.2) is 4.79 Å². The number of piperidine rings is 1. The molecule has 2 heterocycles. The molecule has 3 amide bonds. The van der Waals surface area contributed by atoms with Crippen LogP contribution in [0.1, 0.15) is 55.3 Å². The van der Waals surface area contributed by atoms with E-state index in [0.717, 1.165) is 37.8 Å². The van der Waals surface area contributed by atoms with Gasteiger partial charge in [-0.05, 0) is 32.1 Å². The minimum absolute atomic E-state index is 0.000462. The maximum Gasteiger partial charge on any atom is 0.317 e. The SMILES string of the molecule is O=C(c1ccccc1)C1CCN(C(=O)NCCCN2CCCCCC2=O)CC1. The standard InChI is InChI=1S/C22H31N3O3/c26-20-10-5-2-6-14-24(20)15-7-13-23-22(28)25-16-11-19(12-17-25)21(27)18-8-3-1-4-9-18/h1,3-4,8-9,19H,2,5-7,10-17H2,(H,23,28). The zero-order valence-corrected chi connectivity index (χ0v) is 16.6. The summed E-state index contributed by atoms with van der Waals surface area (Å²) < 4.78 is 0. The number of nitrogens with zero attached hydrogens (tertiary/aromatic N) is 2. The Morgan fingerprint density at radius 3 is 2.50 bits per heavy atom. The van der Waals surface area contributed by atoms with Crippen LogP contribution in [0.4, 0.5) is 4.79 Å². The van der Waals surface area contributed by atoms with Crippen LogP contribution in [0, 0.1) is 5.92 Å². The van der Waals surface area contributed by atoms with E-state index in [9.17, 15) is 14.4 Å². The molecule has 2 fully saturated rings. The Kier molecular flexibility index (Phi) is 7.46. The van der Waals surface area contributed by atoms with Crippen LogP contribution in [0.2, 0.25) is 0 Å². The molecule has 1 N–H and O–H groups in total. The number of urea groups is 1. The molecule has 0 saturated carbocycles. The van der Waals surface area contributed by atoms with Gasteiger partial charge in [0.2, 0.25) is 5.91 Å². The van der Waals surface area contributed by atoms with Crippen molar-refractivity contribution in [3.05, 3.63) is 35.9 Å². The predicted molar refractivity (Wildman–Crippen MR) is 108 cm³/mol. The van der Waals surface area contributed by atoms with Crippen LogP contribution in [0.25, 0.3) is 0 Å². The van der Waals surface area contributed by atoms with Crippen molar-refractivity contribution >= 4 is 17.7 Å². The Labute approximate surface area is 167 Å².